The summed E-state index contributed by atoms with van der Waals surface area (Å²) < 4.78 is 52.5. The van der Waals surface area contributed by atoms with Crippen molar-refractivity contribution in [1.82, 2.24) is 13.9 Å². The number of rotatable bonds is 7. The van der Waals surface area contributed by atoms with Gasteiger partial charge in [0.2, 0.25) is 26.0 Å². The zero-order valence-corrected chi connectivity index (χ0v) is 19.1. The minimum atomic E-state index is -3.47. The molecule has 8 nitrogen and oxygen atoms in total. The first-order chi connectivity index (χ1) is 14.2. The molecule has 0 spiro atoms. The van der Waals surface area contributed by atoms with E-state index in [2.05, 4.69) is 5.32 Å². The van der Waals surface area contributed by atoms with Gasteiger partial charge in [-0.25, -0.2) is 21.1 Å². The molecular formula is C20H31N3O5S2. The maximum absolute atomic E-state index is 12.7. The lowest BCUT2D eigenvalue weighted by atomic mass is 9.99. The molecule has 0 saturated carbocycles. The Bertz CT molecular complexity index is 939. The van der Waals surface area contributed by atoms with E-state index in [0.717, 1.165) is 24.8 Å². The van der Waals surface area contributed by atoms with Crippen LogP contribution < -0.4 is 5.32 Å². The fourth-order valence-corrected chi connectivity index (χ4v) is 6.66. The lowest BCUT2D eigenvalue weighted by Gasteiger charge is -2.30. The standard InChI is InChI=1S/C20H31N3O5S2/c1-2-29(25,26)23-14-6-7-18(16-23)20(24)21-15-17-8-10-19(11-9-17)30(27,28)22-12-4-3-5-13-22/h8-11,18H,2-7,12-16H2,1H3,(H,21,24)/t18-/m1/s1. The Hall–Kier alpha value is -1.49. The molecule has 0 aromatic heterocycles. The molecule has 1 N–H and O–H groups in total. The maximum atomic E-state index is 12.7. The van der Waals surface area contributed by atoms with Crippen LogP contribution in [0.2, 0.25) is 0 Å². The fourth-order valence-electron chi connectivity index (χ4n) is 3.96. The largest absolute Gasteiger partial charge is 0.352 e. The van der Waals surface area contributed by atoms with Gasteiger partial charge in [0.15, 0.2) is 0 Å². The number of hydrogen-bond acceptors (Lipinski definition) is 5. The number of piperidine rings is 2. The normalized spacial score (nSPS) is 22.0. The minimum Gasteiger partial charge on any atom is -0.352 e. The van der Waals surface area contributed by atoms with Crippen LogP contribution in [-0.4, -0.2) is 63.3 Å². The zero-order chi connectivity index (χ0) is 21.8. The van der Waals surface area contributed by atoms with Gasteiger partial charge in [0, 0.05) is 32.7 Å². The van der Waals surface area contributed by atoms with E-state index < -0.39 is 20.0 Å². The fraction of sp³-hybridized carbons (Fsp3) is 0.650. The first-order valence-electron chi connectivity index (χ1n) is 10.6. The monoisotopic (exact) mass is 457 g/mol. The topological polar surface area (TPSA) is 104 Å². The summed E-state index contributed by atoms with van der Waals surface area (Å²) >= 11 is 0. The quantitative estimate of drug-likeness (QED) is 0.669. The van der Waals surface area contributed by atoms with Crippen LogP contribution in [0.5, 0.6) is 0 Å². The minimum absolute atomic E-state index is 0.0357. The van der Waals surface area contributed by atoms with Gasteiger partial charge in [-0.05, 0) is 50.3 Å². The third kappa shape index (κ3) is 5.40. The lowest BCUT2D eigenvalue weighted by molar-refractivity contribution is -0.126. The summed E-state index contributed by atoms with van der Waals surface area (Å²) in [6.07, 6.45) is 4.17. The molecule has 1 amide bonds. The number of sulfonamides is 2. The predicted octanol–water partition coefficient (Wildman–Crippen LogP) is 1.54. The van der Waals surface area contributed by atoms with Crippen LogP contribution in [0.1, 0.15) is 44.6 Å². The van der Waals surface area contributed by atoms with Gasteiger partial charge in [-0.3, -0.25) is 4.79 Å². The van der Waals surface area contributed by atoms with Crippen molar-refractivity contribution in [2.45, 2.75) is 50.5 Å². The summed E-state index contributed by atoms with van der Waals surface area (Å²) in [6, 6.07) is 6.60. The molecule has 1 aromatic carbocycles. The number of nitrogens with one attached hydrogen (secondary N) is 1. The highest BCUT2D eigenvalue weighted by Crippen LogP contribution is 2.22. The van der Waals surface area contributed by atoms with Crippen molar-refractivity contribution in [3.63, 3.8) is 0 Å². The van der Waals surface area contributed by atoms with E-state index in [-0.39, 0.29) is 35.6 Å². The van der Waals surface area contributed by atoms with E-state index in [1.807, 2.05) is 0 Å². The molecule has 2 aliphatic heterocycles. The lowest BCUT2D eigenvalue weighted by Crippen LogP contribution is -2.45. The molecular weight excluding hydrogens is 426 g/mol. The second kappa shape index (κ2) is 9.76. The molecule has 2 heterocycles. The molecule has 2 aliphatic rings. The molecule has 30 heavy (non-hydrogen) atoms. The van der Waals surface area contributed by atoms with Gasteiger partial charge in [0.1, 0.15) is 0 Å². The zero-order valence-electron chi connectivity index (χ0n) is 17.4. The maximum Gasteiger partial charge on any atom is 0.243 e. The van der Waals surface area contributed by atoms with Crippen LogP contribution in [-0.2, 0) is 31.4 Å². The van der Waals surface area contributed by atoms with Crippen LogP contribution in [0, 0.1) is 5.92 Å². The number of benzene rings is 1. The van der Waals surface area contributed by atoms with Crippen LogP contribution in [0.25, 0.3) is 0 Å². The van der Waals surface area contributed by atoms with Crippen molar-refractivity contribution in [1.29, 1.82) is 0 Å². The van der Waals surface area contributed by atoms with E-state index in [0.29, 0.717) is 32.5 Å². The van der Waals surface area contributed by atoms with Gasteiger partial charge in [0.25, 0.3) is 0 Å². The average Bonchev–Trinajstić information content (AvgIpc) is 2.78. The Morgan fingerprint density at radius 2 is 1.60 bits per heavy atom. The summed E-state index contributed by atoms with van der Waals surface area (Å²) in [5.74, 6) is -0.497. The number of carbonyl (C=O) groups excluding carboxylic acids is 1. The van der Waals surface area contributed by atoms with Crippen LogP contribution >= 0.6 is 0 Å². The molecule has 2 fully saturated rings. The van der Waals surface area contributed by atoms with Crippen LogP contribution in [0.3, 0.4) is 0 Å². The molecule has 168 valence electrons. The van der Waals surface area contributed by atoms with Gasteiger partial charge in [-0.15, -0.1) is 0 Å². The molecule has 0 radical (unpaired) electrons. The van der Waals surface area contributed by atoms with Crippen molar-refractivity contribution in [2.75, 3.05) is 31.9 Å². The average molecular weight is 458 g/mol. The van der Waals surface area contributed by atoms with Crippen molar-refractivity contribution >= 4 is 26.0 Å². The summed E-state index contributed by atoms with van der Waals surface area (Å²) in [7, 11) is -6.76. The van der Waals surface area contributed by atoms with E-state index in [9.17, 15) is 21.6 Å². The number of hydrogen-bond donors (Lipinski definition) is 1. The Morgan fingerprint density at radius 3 is 2.23 bits per heavy atom. The summed E-state index contributed by atoms with van der Waals surface area (Å²) in [4.78, 5) is 12.8. The number of nitrogens with zero attached hydrogens (tertiary/aromatic N) is 2. The van der Waals surface area contributed by atoms with E-state index in [1.165, 1.54) is 8.61 Å². The summed E-state index contributed by atoms with van der Waals surface area (Å²) in [6.45, 7) is 3.69. The van der Waals surface area contributed by atoms with Gasteiger partial charge < -0.3 is 5.32 Å². The predicted molar refractivity (Wildman–Crippen MR) is 115 cm³/mol. The number of carbonyl (C=O) groups is 1. The molecule has 1 aromatic rings. The summed E-state index contributed by atoms with van der Waals surface area (Å²) in [5.41, 5.74) is 0.801. The first kappa shape index (κ1) is 23.2. The first-order valence-corrected chi connectivity index (χ1v) is 13.6. The highest BCUT2D eigenvalue weighted by atomic mass is 32.2. The van der Waals surface area contributed by atoms with Gasteiger partial charge in [-0.1, -0.05) is 18.6 Å². The van der Waals surface area contributed by atoms with E-state index in [1.54, 1.807) is 31.2 Å². The van der Waals surface area contributed by atoms with E-state index in [4.69, 9.17) is 0 Å². The summed E-state index contributed by atoms with van der Waals surface area (Å²) in [5, 5.41) is 2.86. The highest BCUT2D eigenvalue weighted by Gasteiger charge is 2.31. The molecule has 2 saturated heterocycles. The molecule has 0 aliphatic carbocycles. The van der Waals surface area contributed by atoms with Crippen LogP contribution in [0.15, 0.2) is 29.2 Å². The molecule has 0 unspecified atom stereocenters. The second-order valence-corrected chi connectivity index (χ2v) is 12.1. The molecule has 0 bridgehead atoms. The van der Waals surface area contributed by atoms with E-state index >= 15 is 0 Å². The van der Waals surface area contributed by atoms with Crippen LogP contribution in [0.4, 0.5) is 0 Å². The molecule has 3 rings (SSSR count). The Morgan fingerprint density at radius 1 is 0.967 bits per heavy atom. The van der Waals surface area contributed by atoms with Crippen molar-refractivity contribution in [3.8, 4) is 0 Å². The third-order valence-corrected chi connectivity index (χ3v) is 9.62. The SMILES string of the molecule is CCS(=O)(=O)N1CCC[C@@H](C(=O)NCc2ccc(S(=O)(=O)N3CCCCC3)cc2)C1. The molecule has 1 atom stereocenters. The van der Waals surface area contributed by atoms with Crippen molar-refractivity contribution in [2.24, 2.45) is 5.92 Å². The highest BCUT2D eigenvalue weighted by molar-refractivity contribution is 7.89. The van der Waals surface area contributed by atoms with Gasteiger partial charge in [-0.2, -0.15) is 4.31 Å². The van der Waals surface area contributed by atoms with Crippen molar-refractivity contribution < 1.29 is 21.6 Å². The smallest absolute Gasteiger partial charge is 0.243 e. The Balaban J connectivity index is 1.56. The third-order valence-electron chi connectivity index (χ3n) is 5.86. The second-order valence-electron chi connectivity index (χ2n) is 7.92. The van der Waals surface area contributed by atoms with Gasteiger partial charge in [0.05, 0.1) is 16.6 Å². The van der Waals surface area contributed by atoms with Crippen molar-refractivity contribution in [3.05, 3.63) is 29.8 Å². The Kier molecular flexibility index (Phi) is 7.54. The Labute approximate surface area is 179 Å². The number of amides is 1. The molecule has 10 heteroatoms. The van der Waals surface area contributed by atoms with Gasteiger partial charge >= 0.3 is 0 Å².